The molecule has 0 fully saturated rings. The minimum absolute atomic E-state index is 0.509. The molecule has 0 saturated heterocycles. The van der Waals surface area contributed by atoms with Crippen molar-refractivity contribution < 1.29 is 9.84 Å². The first-order valence-corrected chi connectivity index (χ1v) is 6.07. The van der Waals surface area contributed by atoms with E-state index in [1.54, 1.807) is 10.9 Å². The molecule has 1 N–H and O–H groups in total. The molecule has 4 heteroatoms. The Morgan fingerprint density at radius 1 is 1.33 bits per heavy atom. The molecule has 1 aromatic heterocycles. The lowest BCUT2D eigenvalue weighted by Gasteiger charge is -2.10. The largest absolute Gasteiger partial charge is 0.494 e. The van der Waals surface area contributed by atoms with Crippen molar-refractivity contribution in [1.29, 1.82) is 0 Å². The number of rotatable bonds is 5. The van der Waals surface area contributed by atoms with Crippen LogP contribution in [0.3, 0.4) is 0 Å². The molecule has 2 rings (SSSR count). The summed E-state index contributed by atoms with van der Waals surface area (Å²) < 4.78 is 7.10. The van der Waals surface area contributed by atoms with Crippen LogP contribution in [0.15, 0.2) is 36.7 Å². The minimum Gasteiger partial charge on any atom is -0.494 e. The molecule has 0 aliphatic heterocycles. The number of aryl methyl sites for hydroxylation is 1. The first kappa shape index (κ1) is 12.6. The summed E-state index contributed by atoms with van der Waals surface area (Å²) in [6, 6.07) is 7.55. The number of hydrogen-bond donors (Lipinski definition) is 1. The average molecular weight is 246 g/mol. The lowest BCUT2D eigenvalue weighted by Crippen LogP contribution is -2.01. The maximum absolute atomic E-state index is 10.1. The van der Waals surface area contributed by atoms with Gasteiger partial charge in [-0.2, -0.15) is 5.10 Å². The summed E-state index contributed by atoms with van der Waals surface area (Å²) in [5, 5.41) is 14.2. The molecular formula is C14H18N2O2. The zero-order valence-electron chi connectivity index (χ0n) is 10.7. The van der Waals surface area contributed by atoms with Gasteiger partial charge < -0.3 is 9.84 Å². The van der Waals surface area contributed by atoms with Gasteiger partial charge in [-0.15, -0.1) is 0 Å². The number of nitrogens with zero attached hydrogens (tertiary/aromatic N) is 2. The Balaban J connectivity index is 2.02. The molecule has 4 nitrogen and oxygen atoms in total. The Kier molecular flexibility index (Phi) is 3.99. The van der Waals surface area contributed by atoms with Gasteiger partial charge in [0.2, 0.25) is 0 Å². The summed E-state index contributed by atoms with van der Waals surface area (Å²) in [4.78, 5) is 0. The van der Waals surface area contributed by atoms with Gasteiger partial charge in [0, 0.05) is 19.7 Å². The quantitative estimate of drug-likeness (QED) is 0.878. The monoisotopic (exact) mass is 246 g/mol. The SMILES string of the molecule is CCOc1ccc(C(O)Cc2cnn(C)c2)cc1. The van der Waals surface area contributed by atoms with E-state index in [2.05, 4.69) is 5.10 Å². The average Bonchev–Trinajstić information content (AvgIpc) is 2.76. The molecule has 1 atom stereocenters. The van der Waals surface area contributed by atoms with Crippen molar-refractivity contribution in [2.75, 3.05) is 6.61 Å². The third-order valence-electron chi connectivity index (χ3n) is 2.76. The fraction of sp³-hybridized carbons (Fsp3) is 0.357. The van der Waals surface area contributed by atoms with Crippen LogP contribution >= 0.6 is 0 Å². The predicted molar refractivity (Wildman–Crippen MR) is 69.5 cm³/mol. The molecule has 0 amide bonds. The molecule has 0 bridgehead atoms. The summed E-state index contributed by atoms with van der Waals surface area (Å²) in [5.74, 6) is 0.829. The zero-order chi connectivity index (χ0) is 13.0. The van der Waals surface area contributed by atoms with Crippen LogP contribution in [0.2, 0.25) is 0 Å². The van der Waals surface area contributed by atoms with Crippen LogP contribution in [0.5, 0.6) is 5.75 Å². The number of aliphatic hydroxyl groups excluding tert-OH is 1. The second kappa shape index (κ2) is 5.69. The molecule has 0 radical (unpaired) electrons. The molecule has 0 aliphatic carbocycles. The summed E-state index contributed by atoms with van der Waals surface area (Å²) >= 11 is 0. The Bertz CT molecular complexity index is 491. The van der Waals surface area contributed by atoms with Crippen molar-refractivity contribution in [3.8, 4) is 5.75 Å². The van der Waals surface area contributed by atoms with E-state index in [4.69, 9.17) is 4.74 Å². The van der Waals surface area contributed by atoms with Crippen LogP contribution in [-0.2, 0) is 13.5 Å². The molecule has 1 unspecified atom stereocenters. The van der Waals surface area contributed by atoms with Crippen LogP contribution in [0.25, 0.3) is 0 Å². The minimum atomic E-state index is -0.509. The molecule has 1 aromatic carbocycles. The van der Waals surface area contributed by atoms with Gasteiger partial charge in [-0.3, -0.25) is 4.68 Å². The van der Waals surface area contributed by atoms with Gasteiger partial charge in [0.25, 0.3) is 0 Å². The van der Waals surface area contributed by atoms with Crippen LogP contribution in [0, 0.1) is 0 Å². The number of aromatic nitrogens is 2. The lowest BCUT2D eigenvalue weighted by atomic mass is 10.0. The summed E-state index contributed by atoms with van der Waals surface area (Å²) in [6.07, 6.45) is 3.75. The smallest absolute Gasteiger partial charge is 0.119 e. The van der Waals surface area contributed by atoms with E-state index in [1.165, 1.54) is 0 Å². The van der Waals surface area contributed by atoms with Gasteiger partial charge in [0.05, 0.1) is 18.9 Å². The Morgan fingerprint density at radius 2 is 2.06 bits per heavy atom. The standard InChI is InChI=1S/C14H18N2O2/c1-3-18-13-6-4-12(5-7-13)14(17)8-11-9-15-16(2)10-11/h4-7,9-10,14,17H,3,8H2,1-2H3. The van der Waals surface area contributed by atoms with Crippen molar-refractivity contribution in [3.63, 3.8) is 0 Å². The van der Waals surface area contributed by atoms with Crippen LogP contribution < -0.4 is 4.74 Å². The fourth-order valence-electron chi connectivity index (χ4n) is 1.87. The van der Waals surface area contributed by atoms with Gasteiger partial charge >= 0.3 is 0 Å². The van der Waals surface area contributed by atoms with Crippen molar-refractivity contribution >= 4 is 0 Å². The first-order chi connectivity index (χ1) is 8.69. The highest BCUT2D eigenvalue weighted by Crippen LogP contribution is 2.20. The molecule has 0 spiro atoms. The maximum atomic E-state index is 10.1. The Labute approximate surface area is 107 Å². The third kappa shape index (κ3) is 3.11. The van der Waals surface area contributed by atoms with E-state index < -0.39 is 6.10 Å². The third-order valence-corrected chi connectivity index (χ3v) is 2.76. The van der Waals surface area contributed by atoms with E-state index in [9.17, 15) is 5.11 Å². The van der Waals surface area contributed by atoms with E-state index in [0.29, 0.717) is 13.0 Å². The van der Waals surface area contributed by atoms with Crippen LogP contribution in [0.4, 0.5) is 0 Å². The number of aliphatic hydroxyl groups is 1. The number of benzene rings is 1. The van der Waals surface area contributed by atoms with Gasteiger partial charge in [0.15, 0.2) is 0 Å². The molecule has 96 valence electrons. The maximum Gasteiger partial charge on any atom is 0.119 e. The normalized spacial score (nSPS) is 12.4. The van der Waals surface area contributed by atoms with Crippen LogP contribution in [-0.4, -0.2) is 21.5 Å². The molecular weight excluding hydrogens is 228 g/mol. The highest BCUT2D eigenvalue weighted by molar-refractivity contribution is 5.29. The highest BCUT2D eigenvalue weighted by atomic mass is 16.5. The molecule has 2 aromatic rings. The topological polar surface area (TPSA) is 47.3 Å². The van der Waals surface area contributed by atoms with E-state index in [0.717, 1.165) is 16.9 Å². The van der Waals surface area contributed by atoms with Gasteiger partial charge in [0.1, 0.15) is 5.75 Å². The Hall–Kier alpha value is -1.81. The van der Waals surface area contributed by atoms with E-state index in [1.807, 2.05) is 44.4 Å². The molecule has 0 saturated carbocycles. The van der Waals surface area contributed by atoms with Crippen molar-refractivity contribution in [2.24, 2.45) is 7.05 Å². The van der Waals surface area contributed by atoms with Crippen molar-refractivity contribution in [2.45, 2.75) is 19.4 Å². The Morgan fingerprint density at radius 3 is 2.61 bits per heavy atom. The summed E-state index contributed by atoms with van der Waals surface area (Å²) in [7, 11) is 1.87. The van der Waals surface area contributed by atoms with Crippen molar-refractivity contribution in [3.05, 3.63) is 47.8 Å². The van der Waals surface area contributed by atoms with Crippen LogP contribution in [0.1, 0.15) is 24.2 Å². The zero-order valence-corrected chi connectivity index (χ0v) is 10.7. The predicted octanol–water partition coefficient (Wildman–Crippen LogP) is 2.09. The lowest BCUT2D eigenvalue weighted by molar-refractivity contribution is 0.178. The van der Waals surface area contributed by atoms with Gasteiger partial charge in [-0.25, -0.2) is 0 Å². The number of ether oxygens (including phenoxy) is 1. The van der Waals surface area contributed by atoms with Gasteiger partial charge in [-0.05, 0) is 30.2 Å². The molecule has 1 heterocycles. The first-order valence-electron chi connectivity index (χ1n) is 6.07. The second-order valence-corrected chi connectivity index (χ2v) is 4.24. The van der Waals surface area contributed by atoms with E-state index >= 15 is 0 Å². The summed E-state index contributed by atoms with van der Waals surface area (Å²) in [5.41, 5.74) is 1.92. The van der Waals surface area contributed by atoms with Gasteiger partial charge in [-0.1, -0.05) is 12.1 Å². The number of hydrogen-bond acceptors (Lipinski definition) is 3. The second-order valence-electron chi connectivity index (χ2n) is 4.24. The molecule has 18 heavy (non-hydrogen) atoms. The summed E-state index contributed by atoms with van der Waals surface area (Å²) in [6.45, 7) is 2.60. The fourth-order valence-corrected chi connectivity index (χ4v) is 1.87. The van der Waals surface area contributed by atoms with E-state index in [-0.39, 0.29) is 0 Å². The molecule has 0 aliphatic rings. The van der Waals surface area contributed by atoms with Crippen molar-refractivity contribution in [1.82, 2.24) is 9.78 Å². The highest BCUT2D eigenvalue weighted by Gasteiger charge is 2.09.